The molecule has 14 heavy (non-hydrogen) atoms. The van der Waals surface area contributed by atoms with Gasteiger partial charge in [0.25, 0.3) is 5.69 Å². The normalized spacial score (nSPS) is 14.4. The van der Waals surface area contributed by atoms with Crippen molar-refractivity contribution in [1.82, 2.24) is 0 Å². The summed E-state index contributed by atoms with van der Waals surface area (Å²) in [7, 11) is -3.81. The Morgan fingerprint density at radius 1 is 1.57 bits per heavy atom. The van der Waals surface area contributed by atoms with Gasteiger partial charge in [0.05, 0.1) is 22.2 Å². The molecule has 0 saturated heterocycles. The summed E-state index contributed by atoms with van der Waals surface area (Å²) in [5.74, 6) is -0.110. The molecule has 76 valence electrons. The summed E-state index contributed by atoms with van der Waals surface area (Å²) in [5.41, 5.74) is -0.235. The third kappa shape index (κ3) is 3.24. The smallest absolute Gasteiger partial charge is 0.311 e. The molecule has 8 heteroatoms. The summed E-state index contributed by atoms with van der Waals surface area (Å²) in [6.45, 7) is 0. The lowest BCUT2D eigenvalue weighted by atomic mass is 10.3. The zero-order valence-corrected chi connectivity index (χ0v) is 8.29. The first-order chi connectivity index (χ1) is 6.38. The molecule has 0 bridgehead atoms. The standard InChI is InChI=1S/C6H5NO5S2/c8-7(9)5-2-1-3-6(4-5)12-14(10,11)13/h1-4H,(H,10,11,13). The third-order valence-corrected chi connectivity index (χ3v) is 1.84. The molecule has 1 aromatic rings. The Hall–Kier alpha value is -1.25. The highest BCUT2D eigenvalue weighted by Crippen LogP contribution is 2.19. The molecule has 0 saturated carbocycles. The van der Waals surface area contributed by atoms with Crippen LogP contribution in [0.15, 0.2) is 24.3 Å². The Kier molecular flexibility index (Phi) is 2.99. The fourth-order valence-electron chi connectivity index (χ4n) is 0.771. The van der Waals surface area contributed by atoms with Crippen molar-refractivity contribution in [3.63, 3.8) is 0 Å². The summed E-state index contributed by atoms with van der Waals surface area (Å²) >= 11 is 4.07. The molecule has 0 aliphatic carbocycles. The van der Waals surface area contributed by atoms with Crippen LogP contribution in [0.4, 0.5) is 5.69 Å². The molecule has 1 atom stereocenters. The van der Waals surface area contributed by atoms with Gasteiger partial charge in [-0.3, -0.25) is 14.7 Å². The van der Waals surface area contributed by atoms with Gasteiger partial charge in [-0.2, -0.15) is 4.21 Å². The summed E-state index contributed by atoms with van der Waals surface area (Å²) in [6, 6.07) is 4.88. The molecule has 0 aliphatic rings. The van der Waals surface area contributed by atoms with E-state index in [9.17, 15) is 14.3 Å². The van der Waals surface area contributed by atoms with Crippen LogP contribution in [0.5, 0.6) is 5.75 Å². The molecule has 0 heterocycles. The van der Waals surface area contributed by atoms with Gasteiger partial charge in [-0.1, -0.05) is 6.07 Å². The van der Waals surface area contributed by atoms with E-state index >= 15 is 0 Å². The summed E-state index contributed by atoms with van der Waals surface area (Å²) in [5, 5.41) is 10.3. The van der Waals surface area contributed by atoms with Crippen molar-refractivity contribution in [2.24, 2.45) is 0 Å². The molecular weight excluding hydrogens is 230 g/mol. The minimum Gasteiger partial charge on any atom is -0.381 e. The van der Waals surface area contributed by atoms with Crippen LogP contribution in [-0.2, 0) is 20.2 Å². The molecule has 0 spiro atoms. The number of hydrogen-bond donors (Lipinski definition) is 1. The average molecular weight is 235 g/mol. The van der Waals surface area contributed by atoms with E-state index in [0.717, 1.165) is 6.07 Å². The second-order valence-electron chi connectivity index (χ2n) is 2.27. The molecule has 1 N–H and O–H groups in total. The van der Waals surface area contributed by atoms with Crippen molar-refractivity contribution < 1.29 is 17.9 Å². The van der Waals surface area contributed by atoms with Crippen molar-refractivity contribution in [2.75, 3.05) is 0 Å². The SMILES string of the molecule is O=[N+]([O-])c1cccc(OS(=O)(O)=S)c1. The van der Waals surface area contributed by atoms with Crippen LogP contribution in [0, 0.1) is 10.1 Å². The van der Waals surface area contributed by atoms with Gasteiger partial charge in [0.1, 0.15) is 5.75 Å². The van der Waals surface area contributed by atoms with Gasteiger partial charge in [0.2, 0.25) is 0 Å². The van der Waals surface area contributed by atoms with Gasteiger partial charge in [-0.05, 0) is 6.07 Å². The van der Waals surface area contributed by atoms with E-state index in [4.69, 9.17) is 4.55 Å². The molecular formula is C6H5NO5S2. The first-order valence-corrected chi connectivity index (χ1v) is 5.66. The van der Waals surface area contributed by atoms with E-state index in [1.165, 1.54) is 18.2 Å². The molecule has 0 aliphatic heterocycles. The highest BCUT2D eigenvalue weighted by Gasteiger charge is 2.09. The van der Waals surface area contributed by atoms with E-state index in [2.05, 4.69) is 15.4 Å². The van der Waals surface area contributed by atoms with Crippen molar-refractivity contribution >= 4 is 25.9 Å². The number of benzene rings is 1. The summed E-state index contributed by atoms with van der Waals surface area (Å²) in [4.78, 5) is 9.67. The van der Waals surface area contributed by atoms with Crippen LogP contribution >= 0.6 is 0 Å². The van der Waals surface area contributed by atoms with Crippen molar-refractivity contribution in [1.29, 1.82) is 0 Å². The van der Waals surface area contributed by atoms with E-state index < -0.39 is 14.0 Å². The fraction of sp³-hybridized carbons (Fsp3) is 0. The van der Waals surface area contributed by atoms with Crippen LogP contribution in [-0.4, -0.2) is 13.7 Å². The van der Waals surface area contributed by atoms with Crippen LogP contribution in [0.25, 0.3) is 0 Å². The maximum atomic E-state index is 10.6. The minimum absolute atomic E-state index is 0.110. The van der Waals surface area contributed by atoms with E-state index in [-0.39, 0.29) is 11.4 Å². The van der Waals surface area contributed by atoms with Gasteiger partial charge in [-0.25, -0.2) is 0 Å². The summed E-state index contributed by atoms with van der Waals surface area (Å²) < 4.78 is 23.7. The number of nitro groups is 1. The summed E-state index contributed by atoms with van der Waals surface area (Å²) in [6.07, 6.45) is 0. The highest BCUT2D eigenvalue weighted by atomic mass is 32.9. The van der Waals surface area contributed by atoms with Crippen molar-refractivity contribution in [2.45, 2.75) is 0 Å². The maximum Gasteiger partial charge on any atom is 0.311 e. The molecule has 0 aromatic heterocycles. The fourth-order valence-corrected chi connectivity index (χ4v) is 1.35. The lowest BCUT2D eigenvalue weighted by molar-refractivity contribution is -0.384. The van der Waals surface area contributed by atoms with Crippen molar-refractivity contribution in [3.05, 3.63) is 34.4 Å². The Morgan fingerprint density at radius 3 is 2.71 bits per heavy atom. The van der Waals surface area contributed by atoms with E-state index in [1.807, 2.05) is 0 Å². The second kappa shape index (κ2) is 3.86. The average Bonchev–Trinajstić information content (AvgIpc) is 2.01. The zero-order valence-electron chi connectivity index (χ0n) is 6.65. The lowest BCUT2D eigenvalue weighted by Crippen LogP contribution is -2.05. The predicted octanol–water partition coefficient (Wildman–Crippen LogP) is 1.11. The quantitative estimate of drug-likeness (QED) is 0.623. The molecule has 0 amide bonds. The number of nitro benzene ring substituents is 1. The Bertz CT molecular complexity index is 455. The topological polar surface area (TPSA) is 89.7 Å². The first kappa shape index (κ1) is 10.8. The number of rotatable bonds is 3. The Morgan fingerprint density at radius 2 is 2.21 bits per heavy atom. The Labute approximate surface area is 84.4 Å². The molecule has 0 radical (unpaired) electrons. The monoisotopic (exact) mass is 235 g/mol. The first-order valence-electron chi connectivity index (χ1n) is 3.30. The van der Waals surface area contributed by atoms with Gasteiger partial charge in [0, 0.05) is 6.07 Å². The molecule has 0 fully saturated rings. The number of non-ortho nitro benzene ring substituents is 1. The largest absolute Gasteiger partial charge is 0.381 e. The molecule has 1 rings (SSSR count). The maximum absolute atomic E-state index is 10.6. The lowest BCUT2D eigenvalue weighted by Gasteiger charge is -2.02. The highest BCUT2D eigenvalue weighted by molar-refractivity contribution is 8.27. The molecule has 1 unspecified atom stereocenters. The van der Waals surface area contributed by atoms with Gasteiger partial charge < -0.3 is 4.18 Å². The molecule has 1 aromatic carbocycles. The second-order valence-corrected chi connectivity index (χ2v) is 4.55. The van der Waals surface area contributed by atoms with Crippen LogP contribution in [0.2, 0.25) is 0 Å². The predicted molar refractivity (Wildman–Crippen MR) is 51.9 cm³/mol. The van der Waals surface area contributed by atoms with Gasteiger partial charge >= 0.3 is 9.05 Å². The Balaban J connectivity index is 3.01. The van der Waals surface area contributed by atoms with Crippen LogP contribution in [0.1, 0.15) is 0 Å². The van der Waals surface area contributed by atoms with Crippen LogP contribution in [0.3, 0.4) is 0 Å². The van der Waals surface area contributed by atoms with Gasteiger partial charge in [-0.15, -0.1) is 0 Å². The van der Waals surface area contributed by atoms with Crippen LogP contribution < -0.4 is 4.18 Å². The molecule has 6 nitrogen and oxygen atoms in total. The minimum atomic E-state index is -3.81. The number of hydrogen-bond acceptors (Lipinski definition) is 5. The number of nitrogens with zero attached hydrogens (tertiary/aromatic N) is 1. The van der Waals surface area contributed by atoms with Gasteiger partial charge in [0.15, 0.2) is 0 Å². The van der Waals surface area contributed by atoms with Crippen molar-refractivity contribution in [3.8, 4) is 5.75 Å². The third-order valence-electron chi connectivity index (χ3n) is 1.23. The van der Waals surface area contributed by atoms with E-state index in [1.54, 1.807) is 0 Å². The zero-order chi connectivity index (χ0) is 10.8. The van der Waals surface area contributed by atoms with E-state index in [0.29, 0.717) is 0 Å².